The minimum atomic E-state index is -0.0656. The average molecular weight is 247 g/mol. The van der Waals surface area contributed by atoms with Gasteiger partial charge in [-0.1, -0.05) is 12.1 Å². The van der Waals surface area contributed by atoms with Crippen LogP contribution in [-0.2, 0) is 11.2 Å². The van der Waals surface area contributed by atoms with Gasteiger partial charge in [0.15, 0.2) is 5.13 Å². The Hall–Kier alpha value is -1.88. The summed E-state index contributed by atoms with van der Waals surface area (Å²) in [5.74, 6) is -0.0656. The summed E-state index contributed by atoms with van der Waals surface area (Å²) in [5.41, 5.74) is 8.12. The molecular formula is C12H13N3OS. The molecule has 0 bridgehead atoms. The van der Waals surface area contributed by atoms with E-state index in [2.05, 4.69) is 10.3 Å². The Morgan fingerprint density at radius 3 is 2.71 bits per heavy atom. The average Bonchev–Trinajstić information content (AvgIpc) is 2.67. The lowest BCUT2D eigenvalue weighted by Crippen LogP contribution is -2.14. The third-order valence-corrected chi connectivity index (χ3v) is 3.09. The van der Waals surface area contributed by atoms with Gasteiger partial charge in [0.05, 0.1) is 12.1 Å². The van der Waals surface area contributed by atoms with Crippen LogP contribution in [0.4, 0.5) is 10.8 Å². The normalized spacial score (nSPS) is 10.2. The molecule has 0 saturated carbocycles. The molecule has 0 unspecified atom stereocenters. The number of thiazole rings is 1. The number of benzene rings is 1. The van der Waals surface area contributed by atoms with E-state index in [1.165, 1.54) is 11.3 Å². The van der Waals surface area contributed by atoms with Crippen molar-refractivity contribution in [2.24, 2.45) is 0 Å². The highest BCUT2D eigenvalue weighted by molar-refractivity contribution is 7.13. The van der Waals surface area contributed by atoms with E-state index >= 15 is 0 Å². The molecule has 1 heterocycles. The van der Waals surface area contributed by atoms with Crippen molar-refractivity contribution in [1.29, 1.82) is 0 Å². The lowest BCUT2D eigenvalue weighted by Gasteiger charge is -2.02. The zero-order valence-corrected chi connectivity index (χ0v) is 10.3. The van der Waals surface area contributed by atoms with E-state index in [0.717, 1.165) is 11.3 Å². The van der Waals surface area contributed by atoms with Crippen LogP contribution in [-0.4, -0.2) is 10.9 Å². The van der Waals surface area contributed by atoms with E-state index in [1.54, 1.807) is 12.1 Å². The van der Waals surface area contributed by atoms with Crippen molar-refractivity contribution in [3.8, 4) is 0 Å². The fourth-order valence-electron chi connectivity index (χ4n) is 1.40. The van der Waals surface area contributed by atoms with Gasteiger partial charge in [-0.05, 0) is 24.6 Å². The first-order chi connectivity index (χ1) is 8.13. The molecule has 0 radical (unpaired) electrons. The molecule has 17 heavy (non-hydrogen) atoms. The number of hydrogen-bond donors (Lipinski definition) is 2. The maximum atomic E-state index is 11.7. The van der Waals surface area contributed by atoms with Gasteiger partial charge < -0.3 is 11.1 Å². The van der Waals surface area contributed by atoms with Crippen LogP contribution in [0.1, 0.15) is 11.3 Å². The monoisotopic (exact) mass is 247 g/mol. The Balaban J connectivity index is 1.95. The van der Waals surface area contributed by atoms with Crippen LogP contribution in [0, 0.1) is 6.92 Å². The molecule has 88 valence electrons. The van der Waals surface area contributed by atoms with Crippen molar-refractivity contribution in [1.82, 2.24) is 4.98 Å². The summed E-state index contributed by atoms with van der Waals surface area (Å²) in [5, 5.41) is 5.31. The minimum Gasteiger partial charge on any atom is -0.399 e. The largest absolute Gasteiger partial charge is 0.399 e. The second kappa shape index (κ2) is 4.97. The molecule has 5 heteroatoms. The quantitative estimate of drug-likeness (QED) is 0.817. The van der Waals surface area contributed by atoms with E-state index in [-0.39, 0.29) is 5.91 Å². The lowest BCUT2D eigenvalue weighted by molar-refractivity contribution is -0.115. The van der Waals surface area contributed by atoms with Gasteiger partial charge in [0, 0.05) is 11.1 Å². The summed E-state index contributed by atoms with van der Waals surface area (Å²) in [6.45, 7) is 1.89. The molecule has 0 spiro atoms. The molecule has 0 aliphatic carbocycles. The van der Waals surface area contributed by atoms with Gasteiger partial charge in [-0.3, -0.25) is 4.79 Å². The summed E-state index contributed by atoms with van der Waals surface area (Å²) in [6, 6.07) is 7.27. The molecule has 0 saturated heterocycles. The second-order valence-electron chi connectivity index (χ2n) is 3.76. The number of aromatic nitrogens is 1. The number of nitrogens with zero attached hydrogens (tertiary/aromatic N) is 1. The molecule has 0 atom stereocenters. The highest BCUT2D eigenvalue weighted by Gasteiger charge is 2.06. The summed E-state index contributed by atoms with van der Waals surface area (Å²) in [4.78, 5) is 15.9. The predicted molar refractivity (Wildman–Crippen MR) is 70.0 cm³/mol. The van der Waals surface area contributed by atoms with Crippen molar-refractivity contribution in [2.45, 2.75) is 13.3 Å². The van der Waals surface area contributed by atoms with Crippen LogP contribution in [0.25, 0.3) is 0 Å². The van der Waals surface area contributed by atoms with Crippen molar-refractivity contribution in [3.63, 3.8) is 0 Å². The first kappa shape index (κ1) is 11.6. The molecule has 4 nitrogen and oxygen atoms in total. The van der Waals surface area contributed by atoms with E-state index < -0.39 is 0 Å². The molecule has 1 aromatic carbocycles. The molecular weight excluding hydrogens is 234 g/mol. The van der Waals surface area contributed by atoms with Crippen LogP contribution >= 0.6 is 11.3 Å². The summed E-state index contributed by atoms with van der Waals surface area (Å²) >= 11 is 1.43. The second-order valence-corrected chi connectivity index (χ2v) is 4.62. The van der Waals surface area contributed by atoms with Crippen LogP contribution in [0.2, 0.25) is 0 Å². The Morgan fingerprint density at radius 2 is 2.12 bits per heavy atom. The Bertz CT molecular complexity index is 519. The Kier molecular flexibility index (Phi) is 3.39. The highest BCUT2D eigenvalue weighted by atomic mass is 32.1. The Labute approximate surface area is 103 Å². The number of carbonyl (C=O) groups excluding carboxylic acids is 1. The minimum absolute atomic E-state index is 0.0656. The SMILES string of the molecule is Cc1csc(NC(=O)Cc2ccc(N)cc2)n1. The van der Waals surface area contributed by atoms with Crippen LogP contribution in [0.5, 0.6) is 0 Å². The number of nitrogens with two attached hydrogens (primary N) is 1. The van der Waals surface area contributed by atoms with Gasteiger partial charge in [0.2, 0.25) is 5.91 Å². The maximum Gasteiger partial charge on any atom is 0.230 e. The number of anilines is 2. The molecule has 2 aromatic rings. The fraction of sp³-hybridized carbons (Fsp3) is 0.167. The smallest absolute Gasteiger partial charge is 0.230 e. The lowest BCUT2D eigenvalue weighted by atomic mass is 10.1. The highest BCUT2D eigenvalue weighted by Crippen LogP contribution is 2.15. The van der Waals surface area contributed by atoms with E-state index in [0.29, 0.717) is 17.2 Å². The zero-order chi connectivity index (χ0) is 12.3. The van der Waals surface area contributed by atoms with Crippen molar-refractivity contribution < 1.29 is 4.79 Å². The van der Waals surface area contributed by atoms with Crippen LogP contribution in [0.15, 0.2) is 29.6 Å². The van der Waals surface area contributed by atoms with Gasteiger partial charge in [-0.15, -0.1) is 11.3 Å². The number of hydrogen-bond acceptors (Lipinski definition) is 4. The summed E-state index contributed by atoms with van der Waals surface area (Å²) in [6.07, 6.45) is 0.332. The first-order valence-corrected chi connectivity index (χ1v) is 6.08. The van der Waals surface area contributed by atoms with Crippen LogP contribution < -0.4 is 11.1 Å². The number of carbonyl (C=O) groups is 1. The van der Waals surface area contributed by atoms with Crippen molar-refractivity contribution in [2.75, 3.05) is 11.1 Å². The van der Waals surface area contributed by atoms with Gasteiger partial charge in [0.1, 0.15) is 0 Å². The third kappa shape index (κ3) is 3.29. The molecule has 1 amide bonds. The molecule has 0 fully saturated rings. The van der Waals surface area contributed by atoms with Crippen molar-refractivity contribution >= 4 is 28.1 Å². The van der Waals surface area contributed by atoms with E-state index in [1.807, 2.05) is 24.4 Å². The van der Waals surface area contributed by atoms with Gasteiger partial charge >= 0.3 is 0 Å². The first-order valence-electron chi connectivity index (χ1n) is 5.20. The van der Waals surface area contributed by atoms with Gasteiger partial charge in [-0.25, -0.2) is 4.98 Å². The van der Waals surface area contributed by atoms with E-state index in [4.69, 9.17) is 5.73 Å². The zero-order valence-electron chi connectivity index (χ0n) is 9.43. The third-order valence-electron chi connectivity index (χ3n) is 2.21. The number of rotatable bonds is 3. The predicted octanol–water partition coefficient (Wildman–Crippen LogP) is 2.21. The summed E-state index contributed by atoms with van der Waals surface area (Å²) < 4.78 is 0. The molecule has 1 aromatic heterocycles. The number of nitrogen functional groups attached to an aromatic ring is 1. The Morgan fingerprint density at radius 1 is 1.41 bits per heavy atom. The fourth-order valence-corrected chi connectivity index (χ4v) is 2.10. The van der Waals surface area contributed by atoms with Crippen LogP contribution in [0.3, 0.4) is 0 Å². The number of aryl methyl sites for hydroxylation is 1. The molecule has 2 rings (SSSR count). The topological polar surface area (TPSA) is 68.0 Å². The molecule has 0 aliphatic rings. The summed E-state index contributed by atoms with van der Waals surface area (Å²) in [7, 11) is 0. The standard InChI is InChI=1S/C12H13N3OS/c1-8-7-17-12(14-8)15-11(16)6-9-2-4-10(13)5-3-9/h2-5,7H,6,13H2,1H3,(H,14,15,16). The van der Waals surface area contributed by atoms with Crippen molar-refractivity contribution in [3.05, 3.63) is 40.9 Å². The molecule has 3 N–H and O–H groups in total. The van der Waals surface area contributed by atoms with Gasteiger partial charge in [-0.2, -0.15) is 0 Å². The molecule has 0 aliphatic heterocycles. The van der Waals surface area contributed by atoms with Gasteiger partial charge in [0.25, 0.3) is 0 Å². The number of nitrogens with one attached hydrogen (secondary N) is 1. The number of amides is 1. The maximum absolute atomic E-state index is 11.7. The van der Waals surface area contributed by atoms with E-state index in [9.17, 15) is 4.79 Å².